The van der Waals surface area contributed by atoms with E-state index in [1.807, 2.05) is 48.5 Å². The summed E-state index contributed by atoms with van der Waals surface area (Å²) in [5.41, 5.74) is 1.88. The first-order valence-corrected chi connectivity index (χ1v) is 7.03. The molecule has 0 fully saturated rings. The highest BCUT2D eigenvalue weighted by atomic mass is 79.9. The third kappa shape index (κ3) is 2.75. The van der Waals surface area contributed by atoms with Gasteiger partial charge < -0.3 is 9.73 Å². The maximum atomic E-state index is 11.9. The van der Waals surface area contributed by atoms with E-state index in [2.05, 4.69) is 21.2 Å². The molecule has 0 bridgehead atoms. The molecule has 0 saturated carbocycles. The minimum Gasteiger partial charge on any atom is -0.422 e. The second-order valence-corrected chi connectivity index (χ2v) is 5.38. The summed E-state index contributed by atoms with van der Waals surface area (Å²) in [6, 6.07) is 17.2. The zero-order valence-corrected chi connectivity index (χ0v) is 12.2. The Labute approximate surface area is 124 Å². The van der Waals surface area contributed by atoms with Crippen LogP contribution in [0.1, 0.15) is 5.56 Å². The zero-order valence-electron chi connectivity index (χ0n) is 10.6. The van der Waals surface area contributed by atoms with Crippen LogP contribution in [-0.2, 0) is 6.54 Å². The molecule has 0 atom stereocenters. The lowest BCUT2D eigenvalue weighted by Crippen LogP contribution is -2.11. The van der Waals surface area contributed by atoms with Gasteiger partial charge in [0.15, 0.2) is 0 Å². The van der Waals surface area contributed by atoms with Gasteiger partial charge in [-0.2, -0.15) is 0 Å². The lowest BCUT2D eigenvalue weighted by molar-refractivity contribution is 0.552. The van der Waals surface area contributed by atoms with E-state index >= 15 is 0 Å². The molecule has 1 aromatic heterocycles. The van der Waals surface area contributed by atoms with Crippen LogP contribution in [0.3, 0.4) is 0 Å². The SMILES string of the molecule is O=c1oc2ccc(Br)cc2cc1CNc1ccccc1. The normalized spacial score (nSPS) is 10.7. The van der Waals surface area contributed by atoms with Crippen molar-refractivity contribution in [1.82, 2.24) is 0 Å². The van der Waals surface area contributed by atoms with Gasteiger partial charge >= 0.3 is 5.63 Å². The molecule has 1 N–H and O–H groups in total. The van der Waals surface area contributed by atoms with E-state index < -0.39 is 0 Å². The molecular formula is C16H12BrNO2. The minimum atomic E-state index is -0.303. The lowest BCUT2D eigenvalue weighted by atomic mass is 10.2. The number of halogens is 1. The fourth-order valence-electron chi connectivity index (χ4n) is 2.01. The number of rotatable bonds is 3. The van der Waals surface area contributed by atoms with Gasteiger partial charge in [-0.3, -0.25) is 0 Å². The van der Waals surface area contributed by atoms with Crippen LogP contribution >= 0.6 is 15.9 Å². The highest BCUT2D eigenvalue weighted by molar-refractivity contribution is 9.10. The van der Waals surface area contributed by atoms with Crippen LogP contribution in [0.5, 0.6) is 0 Å². The summed E-state index contributed by atoms with van der Waals surface area (Å²) in [5, 5.41) is 4.12. The fraction of sp³-hybridized carbons (Fsp3) is 0.0625. The Morgan fingerprint density at radius 1 is 1.05 bits per heavy atom. The summed E-state index contributed by atoms with van der Waals surface area (Å²) in [6.07, 6.45) is 0. The molecule has 3 aromatic rings. The highest BCUT2D eigenvalue weighted by Crippen LogP contribution is 2.19. The average molecular weight is 330 g/mol. The molecule has 0 amide bonds. The molecule has 0 aliphatic carbocycles. The van der Waals surface area contributed by atoms with Crippen LogP contribution in [0.25, 0.3) is 11.0 Å². The van der Waals surface area contributed by atoms with Crippen molar-refractivity contribution < 1.29 is 4.42 Å². The van der Waals surface area contributed by atoms with Crippen molar-refractivity contribution in [3.63, 3.8) is 0 Å². The number of hydrogen-bond donors (Lipinski definition) is 1. The number of benzene rings is 2. The number of hydrogen-bond acceptors (Lipinski definition) is 3. The minimum absolute atomic E-state index is 0.303. The molecule has 4 heteroatoms. The third-order valence-electron chi connectivity index (χ3n) is 3.02. The van der Waals surface area contributed by atoms with E-state index in [1.165, 1.54) is 0 Å². The Balaban J connectivity index is 1.91. The smallest absolute Gasteiger partial charge is 0.341 e. The predicted molar refractivity (Wildman–Crippen MR) is 84.0 cm³/mol. The Morgan fingerprint density at radius 3 is 2.65 bits per heavy atom. The van der Waals surface area contributed by atoms with E-state index in [0.717, 1.165) is 15.5 Å². The summed E-state index contributed by atoms with van der Waals surface area (Å²) in [7, 11) is 0. The second kappa shape index (κ2) is 5.51. The standard InChI is InChI=1S/C16H12BrNO2/c17-13-6-7-15-11(9-13)8-12(16(19)20-15)10-18-14-4-2-1-3-5-14/h1-9,18H,10H2. The van der Waals surface area contributed by atoms with Gasteiger partial charge in [0.25, 0.3) is 0 Å². The van der Waals surface area contributed by atoms with Crippen molar-refractivity contribution in [2.75, 3.05) is 5.32 Å². The van der Waals surface area contributed by atoms with Gasteiger partial charge in [-0.25, -0.2) is 4.79 Å². The van der Waals surface area contributed by atoms with Crippen molar-refractivity contribution in [2.45, 2.75) is 6.54 Å². The van der Waals surface area contributed by atoms with E-state index in [0.29, 0.717) is 17.7 Å². The zero-order chi connectivity index (χ0) is 13.9. The van der Waals surface area contributed by atoms with Crippen LogP contribution in [0.4, 0.5) is 5.69 Å². The molecule has 0 saturated heterocycles. The lowest BCUT2D eigenvalue weighted by Gasteiger charge is -2.06. The number of fused-ring (bicyclic) bond motifs is 1. The van der Waals surface area contributed by atoms with Crippen molar-refractivity contribution in [2.24, 2.45) is 0 Å². The summed E-state index contributed by atoms with van der Waals surface area (Å²) >= 11 is 3.42. The van der Waals surface area contributed by atoms with E-state index in [1.54, 1.807) is 6.07 Å². The molecule has 0 unspecified atom stereocenters. The molecule has 2 aromatic carbocycles. The Hall–Kier alpha value is -2.07. The van der Waals surface area contributed by atoms with Gasteiger partial charge in [-0.1, -0.05) is 34.1 Å². The number of para-hydroxylation sites is 1. The number of nitrogens with one attached hydrogen (secondary N) is 1. The number of anilines is 1. The van der Waals surface area contributed by atoms with Gasteiger partial charge in [0.1, 0.15) is 5.58 Å². The quantitative estimate of drug-likeness (QED) is 0.733. The predicted octanol–water partition coefficient (Wildman–Crippen LogP) is 4.17. The first kappa shape index (κ1) is 12.9. The molecule has 0 aliphatic rings. The molecule has 3 rings (SSSR count). The van der Waals surface area contributed by atoms with E-state index in [-0.39, 0.29) is 5.63 Å². The van der Waals surface area contributed by atoms with Crippen LogP contribution in [-0.4, -0.2) is 0 Å². The molecule has 0 radical (unpaired) electrons. The van der Waals surface area contributed by atoms with Crippen LogP contribution in [0, 0.1) is 0 Å². The molecule has 0 aliphatic heterocycles. The first-order valence-electron chi connectivity index (χ1n) is 6.23. The van der Waals surface area contributed by atoms with Crippen molar-refractivity contribution in [3.8, 4) is 0 Å². The van der Waals surface area contributed by atoms with Gasteiger partial charge in [-0.15, -0.1) is 0 Å². The van der Waals surface area contributed by atoms with Crippen molar-refractivity contribution in [3.05, 3.63) is 75.1 Å². The van der Waals surface area contributed by atoms with E-state index in [4.69, 9.17) is 4.42 Å². The Kier molecular flexibility index (Phi) is 3.56. The molecule has 0 spiro atoms. The monoisotopic (exact) mass is 329 g/mol. The van der Waals surface area contributed by atoms with Gasteiger partial charge in [0.05, 0.1) is 5.56 Å². The maximum absolute atomic E-state index is 11.9. The molecule has 1 heterocycles. The summed E-state index contributed by atoms with van der Waals surface area (Å²) in [5.74, 6) is 0. The molecule has 20 heavy (non-hydrogen) atoms. The van der Waals surface area contributed by atoms with Crippen molar-refractivity contribution in [1.29, 1.82) is 0 Å². The third-order valence-corrected chi connectivity index (χ3v) is 3.52. The van der Waals surface area contributed by atoms with Gasteiger partial charge in [0, 0.05) is 22.1 Å². The Morgan fingerprint density at radius 2 is 1.85 bits per heavy atom. The molecule has 100 valence electrons. The van der Waals surface area contributed by atoms with Crippen LogP contribution in [0.15, 0.2) is 68.3 Å². The molecular weight excluding hydrogens is 318 g/mol. The topological polar surface area (TPSA) is 42.2 Å². The summed E-state index contributed by atoms with van der Waals surface area (Å²) < 4.78 is 6.28. The van der Waals surface area contributed by atoms with E-state index in [9.17, 15) is 4.79 Å². The average Bonchev–Trinajstić information content (AvgIpc) is 2.46. The Bertz CT molecular complexity index is 796. The highest BCUT2D eigenvalue weighted by Gasteiger charge is 2.05. The summed E-state index contributed by atoms with van der Waals surface area (Å²) in [6.45, 7) is 0.439. The van der Waals surface area contributed by atoms with Crippen LogP contribution in [0.2, 0.25) is 0 Å². The fourth-order valence-corrected chi connectivity index (χ4v) is 2.39. The first-order chi connectivity index (χ1) is 9.72. The van der Waals surface area contributed by atoms with Crippen LogP contribution < -0.4 is 10.9 Å². The van der Waals surface area contributed by atoms with Crippen molar-refractivity contribution >= 4 is 32.6 Å². The molecule has 3 nitrogen and oxygen atoms in total. The largest absolute Gasteiger partial charge is 0.422 e. The second-order valence-electron chi connectivity index (χ2n) is 4.46. The summed E-state index contributed by atoms with van der Waals surface area (Å²) in [4.78, 5) is 11.9. The van der Waals surface area contributed by atoms with Gasteiger partial charge in [-0.05, 0) is 36.4 Å². The maximum Gasteiger partial charge on any atom is 0.341 e. The van der Waals surface area contributed by atoms with Gasteiger partial charge in [0.2, 0.25) is 0 Å².